The zero-order chi connectivity index (χ0) is 6.10. The maximum absolute atomic E-state index is 3.38. The molecule has 0 aromatic carbocycles. The molecular weight excluding hydrogens is 112 g/mol. The molecule has 9 heavy (non-hydrogen) atoms. The van der Waals surface area contributed by atoms with Crippen LogP contribution < -0.4 is 10.6 Å². The van der Waals surface area contributed by atoms with Gasteiger partial charge in [0.05, 0.1) is 0 Å². The first kappa shape index (κ1) is 5.69. The van der Waals surface area contributed by atoms with Gasteiger partial charge in [-0.2, -0.15) is 0 Å². The lowest BCUT2D eigenvalue weighted by atomic mass is 9.95. The van der Waals surface area contributed by atoms with Crippen LogP contribution in [0.5, 0.6) is 0 Å². The molecule has 0 spiro atoms. The molecule has 2 N–H and O–H groups in total. The normalized spacial score (nSPS) is 36.7. The molecule has 2 aliphatic rings. The van der Waals surface area contributed by atoms with Crippen LogP contribution in [0.4, 0.5) is 0 Å². The Bertz CT molecular complexity index is 93.1. The average molecular weight is 126 g/mol. The van der Waals surface area contributed by atoms with Crippen LogP contribution >= 0.6 is 0 Å². The summed E-state index contributed by atoms with van der Waals surface area (Å²) in [5, 5.41) is 6.75. The molecule has 2 heterocycles. The van der Waals surface area contributed by atoms with Gasteiger partial charge in [0, 0.05) is 12.6 Å². The van der Waals surface area contributed by atoms with Crippen molar-refractivity contribution in [1.29, 1.82) is 0 Å². The average Bonchev–Trinajstić information content (AvgIpc) is 2.71. The number of hydrogen-bond acceptors (Lipinski definition) is 2. The van der Waals surface area contributed by atoms with Crippen molar-refractivity contribution < 1.29 is 0 Å². The van der Waals surface area contributed by atoms with Crippen molar-refractivity contribution in [2.75, 3.05) is 19.6 Å². The van der Waals surface area contributed by atoms with Crippen molar-refractivity contribution in [1.82, 2.24) is 10.6 Å². The van der Waals surface area contributed by atoms with E-state index < -0.39 is 0 Å². The molecule has 52 valence electrons. The van der Waals surface area contributed by atoms with Gasteiger partial charge in [-0.1, -0.05) is 0 Å². The van der Waals surface area contributed by atoms with Gasteiger partial charge in [-0.15, -0.1) is 0 Å². The Morgan fingerprint density at radius 1 is 1.11 bits per heavy atom. The van der Waals surface area contributed by atoms with E-state index in [-0.39, 0.29) is 0 Å². The molecule has 2 fully saturated rings. The predicted octanol–water partition coefficient (Wildman–Crippen LogP) is -0.0422. The van der Waals surface area contributed by atoms with Crippen LogP contribution in [-0.2, 0) is 0 Å². The minimum atomic E-state index is 0.895. The summed E-state index contributed by atoms with van der Waals surface area (Å²) in [5.74, 6) is 0.992. The topological polar surface area (TPSA) is 34.0 Å². The van der Waals surface area contributed by atoms with Crippen LogP contribution in [0.25, 0.3) is 0 Å². The lowest BCUT2D eigenvalue weighted by Crippen LogP contribution is -2.30. The minimum absolute atomic E-state index is 0.895. The summed E-state index contributed by atoms with van der Waals surface area (Å²) in [4.78, 5) is 0. The summed E-state index contributed by atoms with van der Waals surface area (Å²) in [6, 6.07) is 0.895. The zero-order valence-corrected chi connectivity index (χ0v) is 5.69. The monoisotopic (exact) mass is 126 g/mol. The Morgan fingerprint density at radius 3 is 2.33 bits per heavy atom. The first-order valence-electron chi connectivity index (χ1n) is 3.91. The minimum Gasteiger partial charge on any atom is -0.317 e. The summed E-state index contributed by atoms with van der Waals surface area (Å²) in [6.07, 6.45) is 2.77. The molecule has 0 aromatic heterocycles. The lowest BCUT2D eigenvalue weighted by Gasteiger charge is -2.20. The van der Waals surface area contributed by atoms with Crippen molar-refractivity contribution in [2.24, 2.45) is 5.92 Å². The highest BCUT2D eigenvalue weighted by Gasteiger charge is 2.30. The van der Waals surface area contributed by atoms with Gasteiger partial charge in [-0.25, -0.2) is 0 Å². The van der Waals surface area contributed by atoms with Crippen LogP contribution in [0.15, 0.2) is 0 Å². The Kier molecular flexibility index (Phi) is 1.44. The molecule has 0 aromatic rings. The number of piperidine rings is 1. The SMILES string of the molecule is C1CC(C2CN2)CCN1. The summed E-state index contributed by atoms with van der Waals surface area (Å²) >= 11 is 0. The van der Waals surface area contributed by atoms with Crippen molar-refractivity contribution in [2.45, 2.75) is 18.9 Å². The third-order valence-corrected chi connectivity index (χ3v) is 2.39. The fourth-order valence-electron chi connectivity index (χ4n) is 1.65. The van der Waals surface area contributed by atoms with Crippen LogP contribution in [0, 0.1) is 5.92 Å². The van der Waals surface area contributed by atoms with E-state index in [4.69, 9.17) is 0 Å². The molecule has 1 atom stereocenters. The van der Waals surface area contributed by atoms with Gasteiger partial charge in [0.25, 0.3) is 0 Å². The zero-order valence-electron chi connectivity index (χ0n) is 5.69. The van der Waals surface area contributed by atoms with Crippen molar-refractivity contribution >= 4 is 0 Å². The molecule has 2 aliphatic heterocycles. The van der Waals surface area contributed by atoms with E-state index in [1.807, 2.05) is 0 Å². The second-order valence-electron chi connectivity index (χ2n) is 3.10. The molecular formula is C7H14N2. The molecule has 0 bridgehead atoms. The molecule has 0 amide bonds. The highest BCUT2D eigenvalue weighted by molar-refractivity contribution is 4.91. The maximum atomic E-state index is 3.38. The third-order valence-electron chi connectivity index (χ3n) is 2.39. The van der Waals surface area contributed by atoms with E-state index in [0.29, 0.717) is 0 Å². The Balaban J connectivity index is 1.80. The summed E-state index contributed by atoms with van der Waals surface area (Å²) < 4.78 is 0. The van der Waals surface area contributed by atoms with E-state index in [0.717, 1.165) is 12.0 Å². The van der Waals surface area contributed by atoms with Gasteiger partial charge in [0.1, 0.15) is 0 Å². The van der Waals surface area contributed by atoms with Crippen LogP contribution in [0.2, 0.25) is 0 Å². The molecule has 0 radical (unpaired) electrons. The largest absolute Gasteiger partial charge is 0.317 e. The van der Waals surface area contributed by atoms with E-state index in [1.54, 1.807) is 0 Å². The lowest BCUT2D eigenvalue weighted by molar-refractivity contribution is 0.368. The number of hydrogen-bond donors (Lipinski definition) is 2. The van der Waals surface area contributed by atoms with Crippen molar-refractivity contribution in [3.8, 4) is 0 Å². The first-order valence-corrected chi connectivity index (χ1v) is 3.91. The van der Waals surface area contributed by atoms with Gasteiger partial charge in [-0.05, 0) is 31.8 Å². The van der Waals surface area contributed by atoms with Crippen LogP contribution in [0.1, 0.15) is 12.8 Å². The maximum Gasteiger partial charge on any atom is 0.0222 e. The van der Waals surface area contributed by atoms with Gasteiger partial charge in [-0.3, -0.25) is 0 Å². The van der Waals surface area contributed by atoms with E-state index in [9.17, 15) is 0 Å². The first-order chi connectivity index (χ1) is 4.47. The van der Waals surface area contributed by atoms with E-state index in [2.05, 4.69) is 10.6 Å². The molecule has 2 rings (SSSR count). The highest BCUT2D eigenvalue weighted by Crippen LogP contribution is 2.21. The fourth-order valence-corrected chi connectivity index (χ4v) is 1.65. The van der Waals surface area contributed by atoms with Gasteiger partial charge >= 0.3 is 0 Å². The fraction of sp³-hybridized carbons (Fsp3) is 1.00. The second-order valence-corrected chi connectivity index (χ2v) is 3.10. The standard InChI is InChI=1S/C7H14N2/c1-3-8-4-2-6(1)7-5-9-7/h6-9H,1-5H2. The summed E-state index contributed by atoms with van der Waals surface area (Å²) in [7, 11) is 0. The van der Waals surface area contributed by atoms with Gasteiger partial charge < -0.3 is 10.6 Å². The van der Waals surface area contributed by atoms with Crippen molar-refractivity contribution in [3.05, 3.63) is 0 Å². The number of rotatable bonds is 1. The number of nitrogens with one attached hydrogen (secondary N) is 2. The quantitative estimate of drug-likeness (QED) is 0.483. The molecule has 1 unspecified atom stereocenters. The predicted molar refractivity (Wildman–Crippen MR) is 37.4 cm³/mol. The summed E-state index contributed by atoms with van der Waals surface area (Å²) in [5.41, 5.74) is 0. The second kappa shape index (κ2) is 2.27. The van der Waals surface area contributed by atoms with Gasteiger partial charge in [0.15, 0.2) is 0 Å². The molecule has 2 heteroatoms. The van der Waals surface area contributed by atoms with E-state index >= 15 is 0 Å². The van der Waals surface area contributed by atoms with Crippen molar-refractivity contribution in [3.63, 3.8) is 0 Å². The Hall–Kier alpha value is -0.0800. The highest BCUT2D eigenvalue weighted by atomic mass is 15.1. The molecule has 0 saturated carbocycles. The molecule has 2 nitrogen and oxygen atoms in total. The van der Waals surface area contributed by atoms with Gasteiger partial charge in [0.2, 0.25) is 0 Å². The Labute approximate surface area is 56.0 Å². The Morgan fingerprint density at radius 2 is 1.78 bits per heavy atom. The molecule has 0 aliphatic carbocycles. The van der Waals surface area contributed by atoms with E-state index in [1.165, 1.54) is 32.5 Å². The van der Waals surface area contributed by atoms with Crippen LogP contribution in [0.3, 0.4) is 0 Å². The van der Waals surface area contributed by atoms with Crippen LogP contribution in [-0.4, -0.2) is 25.7 Å². The smallest absolute Gasteiger partial charge is 0.0222 e. The summed E-state index contributed by atoms with van der Waals surface area (Å²) in [6.45, 7) is 3.76. The molecule has 2 saturated heterocycles. The third kappa shape index (κ3) is 1.25.